The van der Waals surface area contributed by atoms with Gasteiger partial charge in [-0.05, 0) is 37.8 Å². The van der Waals surface area contributed by atoms with Crippen molar-refractivity contribution in [1.29, 1.82) is 0 Å². The van der Waals surface area contributed by atoms with Gasteiger partial charge in [-0.2, -0.15) is 0 Å². The summed E-state index contributed by atoms with van der Waals surface area (Å²) < 4.78 is 10.3. The van der Waals surface area contributed by atoms with Gasteiger partial charge in [0.1, 0.15) is 0 Å². The van der Waals surface area contributed by atoms with Gasteiger partial charge >= 0.3 is 0 Å². The second kappa shape index (κ2) is 5.99. The molecule has 2 fully saturated rings. The fourth-order valence-electron chi connectivity index (χ4n) is 2.93. The molecule has 18 heavy (non-hydrogen) atoms. The Kier molecular flexibility index (Phi) is 4.59. The predicted octanol–water partition coefficient (Wildman–Crippen LogP) is 0.154. The summed E-state index contributed by atoms with van der Waals surface area (Å²) in [5, 5.41) is 6.34. The van der Waals surface area contributed by atoms with E-state index in [9.17, 15) is 4.79 Å². The molecule has 104 valence electrons. The number of rotatable bonds is 6. The molecule has 0 aromatic rings. The minimum Gasteiger partial charge on any atom is -0.382 e. The minimum atomic E-state index is -0.0540. The fraction of sp³-hybridized carbons (Fsp3) is 0.923. The number of hydrogen-bond donors (Lipinski definition) is 2. The Bertz CT molecular complexity index is 290. The van der Waals surface area contributed by atoms with Gasteiger partial charge in [0.25, 0.3) is 0 Å². The Morgan fingerprint density at radius 3 is 2.78 bits per heavy atom. The van der Waals surface area contributed by atoms with Crippen molar-refractivity contribution in [2.75, 3.05) is 40.5 Å². The molecule has 2 atom stereocenters. The maximum Gasteiger partial charge on any atom is 0.223 e. The number of methoxy groups -OCH3 is 2. The molecule has 1 amide bonds. The molecule has 1 spiro atoms. The standard InChI is InChI=1S/C13H24N2O3/c1-17-9-10(18-2)8-15-12(16)11-7-13(11)3-5-14-6-4-13/h10-11,14H,3-9H2,1-2H3,(H,15,16). The summed E-state index contributed by atoms with van der Waals surface area (Å²) >= 11 is 0. The molecule has 2 aliphatic rings. The molecule has 1 aliphatic carbocycles. The Morgan fingerprint density at radius 2 is 2.17 bits per heavy atom. The zero-order valence-electron chi connectivity index (χ0n) is 11.3. The number of carbonyl (C=O) groups excluding carboxylic acids is 1. The van der Waals surface area contributed by atoms with Crippen LogP contribution in [0.4, 0.5) is 0 Å². The first kappa shape index (κ1) is 13.8. The lowest BCUT2D eigenvalue weighted by atomic mass is 9.92. The fourth-order valence-corrected chi connectivity index (χ4v) is 2.93. The minimum absolute atomic E-state index is 0.0540. The molecule has 0 bridgehead atoms. The molecule has 0 aromatic carbocycles. The van der Waals surface area contributed by atoms with E-state index >= 15 is 0 Å². The largest absolute Gasteiger partial charge is 0.382 e. The number of hydrogen-bond acceptors (Lipinski definition) is 4. The van der Waals surface area contributed by atoms with Gasteiger partial charge in [0.05, 0.1) is 12.7 Å². The van der Waals surface area contributed by atoms with Crippen molar-refractivity contribution in [3.63, 3.8) is 0 Å². The summed E-state index contributed by atoms with van der Waals surface area (Å²) in [5.41, 5.74) is 0.305. The number of carbonyl (C=O) groups is 1. The smallest absolute Gasteiger partial charge is 0.223 e. The molecule has 0 radical (unpaired) electrons. The second-order valence-corrected chi connectivity index (χ2v) is 5.43. The lowest BCUT2D eigenvalue weighted by Gasteiger charge is -2.23. The highest BCUT2D eigenvalue weighted by molar-refractivity contribution is 5.82. The quantitative estimate of drug-likeness (QED) is 0.710. The van der Waals surface area contributed by atoms with E-state index in [2.05, 4.69) is 10.6 Å². The first-order chi connectivity index (χ1) is 8.72. The van der Waals surface area contributed by atoms with Crippen molar-refractivity contribution < 1.29 is 14.3 Å². The van der Waals surface area contributed by atoms with Crippen LogP contribution in [0.3, 0.4) is 0 Å². The van der Waals surface area contributed by atoms with Crippen LogP contribution in [0, 0.1) is 11.3 Å². The highest BCUT2D eigenvalue weighted by Gasteiger charge is 2.57. The van der Waals surface area contributed by atoms with Gasteiger partial charge in [-0.1, -0.05) is 0 Å². The molecular weight excluding hydrogens is 232 g/mol. The van der Waals surface area contributed by atoms with Crippen LogP contribution < -0.4 is 10.6 Å². The number of ether oxygens (including phenoxy) is 2. The maximum atomic E-state index is 12.1. The van der Waals surface area contributed by atoms with Crippen molar-refractivity contribution in [1.82, 2.24) is 10.6 Å². The molecule has 2 unspecified atom stereocenters. The van der Waals surface area contributed by atoms with Gasteiger partial charge < -0.3 is 20.1 Å². The van der Waals surface area contributed by atoms with Crippen LogP contribution in [0.5, 0.6) is 0 Å². The topological polar surface area (TPSA) is 59.6 Å². The predicted molar refractivity (Wildman–Crippen MR) is 68.3 cm³/mol. The molecule has 2 rings (SSSR count). The Balaban J connectivity index is 1.73. The zero-order valence-corrected chi connectivity index (χ0v) is 11.3. The van der Waals surface area contributed by atoms with E-state index in [0.717, 1.165) is 32.4 Å². The number of piperidine rings is 1. The molecule has 0 aromatic heterocycles. The van der Waals surface area contributed by atoms with Crippen LogP contribution in [0.1, 0.15) is 19.3 Å². The molecular formula is C13H24N2O3. The van der Waals surface area contributed by atoms with Crippen molar-refractivity contribution in [3.8, 4) is 0 Å². The third-order valence-electron chi connectivity index (χ3n) is 4.30. The van der Waals surface area contributed by atoms with Crippen LogP contribution in [0.15, 0.2) is 0 Å². The zero-order chi connectivity index (χ0) is 13.0. The summed E-state index contributed by atoms with van der Waals surface area (Å²) in [4.78, 5) is 12.1. The number of nitrogens with one attached hydrogen (secondary N) is 2. The van der Waals surface area contributed by atoms with Gasteiger partial charge in [-0.15, -0.1) is 0 Å². The molecule has 5 heteroatoms. The van der Waals surface area contributed by atoms with Crippen LogP contribution in [-0.4, -0.2) is 52.5 Å². The van der Waals surface area contributed by atoms with E-state index in [-0.39, 0.29) is 17.9 Å². The lowest BCUT2D eigenvalue weighted by Crippen LogP contribution is -2.38. The van der Waals surface area contributed by atoms with Gasteiger partial charge in [-0.3, -0.25) is 4.79 Å². The molecule has 5 nitrogen and oxygen atoms in total. The van der Waals surface area contributed by atoms with E-state index in [0.29, 0.717) is 18.6 Å². The summed E-state index contributed by atoms with van der Waals surface area (Å²) in [5.74, 6) is 0.412. The van der Waals surface area contributed by atoms with Crippen molar-refractivity contribution in [2.24, 2.45) is 11.3 Å². The molecule has 2 N–H and O–H groups in total. The average molecular weight is 256 g/mol. The third-order valence-corrected chi connectivity index (χ3v) is 4.30. The summed E-state index contributed by atoms with van der Waals surface area (Å²) in [6.45, 7) is 3.15. The van der Waals surface area contributed by atoms with Gasteiger partial charge in [-0.25, -0.2) is 0 Å². The highest BCUT2D eigenvalue weighted by atomic mass is 16.5. The Hall–Kier alpha value is -0.650. The SMILES string of the molecule is COCC(CNC(=O)C1CC12CCNCC2)OC. The molecule has 1 heterocycles. The van der Waals surface area contributed by atoms with Crippen LogP contribution >= 0.6 is 0 Å². The van der Waals surface area contributed by atoms with E-state index in [1.54, 1.807) is 14.2 Å². The number of amides is 1. The second-order valence-electron chi connectivity index (χ2n) is 5.43. The normalized spacial score (nSPS) is 26.9. The molecule has 1 saturated heterocycles. The molecule has 1 saturated carbocycles. The van der Waals surface area contributed by atoms with E-state index in [1.165, 1.54) is 0 Å². The van der Waals surface area contributed by atoms with Gasteiger partial charge in [0.2, 0.25) is 5.91 Å². The first-order valence-corrected chi connectivity index (χ1v) is 6.72. The van der Waals surface area contributed by atoms with E-state index < -0.39 is 0 Å². The van der Waals surface area contributed by atoms with E-state index in [4.69, 9.17) is 9.47 Å². The monoisotopic (exact) mass is 256 g/mol. The third kappa shape index (κ3) is 3.02. The van der Waals surface area contributed by atoms with Crippen LogP contribution in [0.2, 0.25) is 0 Å². The summed E-state index contributed by atoms with van der Waals surface area (Å²) in [7, 11) is 3.28. The summed E-state index contributed by atoms with van der Waals surface area (Å²) in [6, 6.07) is 0. The van der Waals surface area contributed by atoms with Gasteiger partial charge in [0.15, 0.2) is 0 Å². The van der Waals surface area contributed by atoms with Crippen LogP contribution in [0.25, 0.3) is 0 Å². The Morgan fingerprint density at radius 1 is 1.44 bits per heavy atom. The maximum absolute atomic E-state index is 12.1. The van der Waals surface area contributed by atoms with E-state index in [1.807, 2.05) is 0 Å². The van der Waals surface area contributed by atoms with Crippen molar-refractivity contribution in [3.05, 3.63) is 0 Å². The first-order valence-electron chi connectivity index (χ1n) is 6.72. The van der Waals surface area contributed by atoms with Gasteiger partial charge in [0, 0.05) is 26.7 Å². The lowest BCUT2D eigenvalue weighted by molar-refractivity contribution is -0.124. The average Bonchev–Trinajstić information content (AvgIpc) is 3.08. The highest BCUT2D eigenvalue weighted by Crippen LogP contribution is 2.58. The molecule has 1 aliphatic heterocycles. The summed E-state index contributed by atoms with van der Waals surface area (Å²) in [6.07, 6.45) is 3.28. The Labute approximate surface area is 109 Å². The van der Waals surface area contributed by atoms with Crippen molar-refractivity contribution >= 4 is 5.91 Å². The van der Waals surface area contributed by atoms with Crippen molar-refractivity contribution in [2.45, 2.75) is 25.4 Å². The van der Waals surface area contributed by atoms with Crippen LogP contribution in [-0.2, 0) is 14.3 Å².